The van der Waals surface area contributed by atoms with Gasteiger partial charge in [0.1, 0.15) is 0 Å². The lowest BCUT2D eigenvalue weighted by molar-refractivity contribution is 1.18. The van der Waals surface area contributed by atoms with Gasteiger partial charge in [0.25, 0.3) is 6.71 Å². The van der Waals surface area contributed by atoms with E-state index in [9.17, 15) is 0 Å². The zero-order valence-electron chi connectivity index (χ0n) is 28.4. The standard InChI is InChI=1S/C48H32BN3/c1-4-16-34(17-5-1)50-43-27-13-11-25-40(43)49-41-32-33(30-31-44(41)51(35-18-6-2-7-19-35)46-29-15-28-45(50)47(46)49)37-23-14-24-39-38-22-10-12-26-42(38)52(48(37)39)36-20-8-3-9-21-36/h1-32H. The van der Waals surface area contributed by atoms with Gasteiger partial charge < -0.3 is 14.4 Å². The van der Waals surface area contributed by atoms with Gasteiger partial charge in [-0.05, 0) is 88.7 Å². The van der Waals surface area contributed by atoms with E-state index in [0.29, 0.717) is 0 Å². The number of rotatable bonds is 4. The highest BCUT2D eigenvalue weighted by Gasteiger charge is 2.43. The smallest absolute Gasteiger partial charge is 0.252 e. The first-order chi connectivity index (χ1) is 25.8. The first-order valence-electron chi connectivity index (χ1n) is 18.0. The summed E-state index contributed by atoms with van der Waals surface area (Å²) >= 11 is 0. The lowest BCUT2D eigenvalue weighted by atomic mass is 9.33. The van der Waals surface area contributed by atoms with Crippen LogP contribution in [0.25, 0.3) is 38.6 Å². The maximum absolute atomic E-state index is 2.48. The van der Waals surface area contributed by atoms with E-state index in [4.69, 9.17) is 0 Å². The third-order valence-corrected chi connectivity index (χ3v) is 10.9. The van der Waals surface area contributed by atoms with Crippen LogP contribution >= 0.6 is 0 Å². The van der Waals surface area contributed by atoms with Crippen molar-refractivity contribution in [2.45, 2.75) is 0 Å². The number of para-hydroxylation sites is 6. The second-order valence-corrected chi connectivity index (χ2v) is 13.7. The minimum atomic E-state index is 0.0523. The van der Waals surface area contributed by atoms with Crippen molar-refractivity contribution in [3.05, 3.63) is 194 Å². The molecule has 0 amide bonds. The Balaban J connectivity index is 1.21. The van der Waals surface area contributed by atoms with Crippen LogP contribution in [0.3, 0.4) is 0 Å². The first kappa shape index (κ1) is 29.0. The Morgan fingerprint density at radius 2 is 0.904 bits per heavy atom. The second kappa shape index (κ2) is 11.4. The highest BCUT2D eigenvalue weighted by Crippen LogP contribution is 2.45. The van der Waals surface area contributed by atoms with Crippen molar-refractivity contribution < 1.29 is 0 Å². The van der Waals surface area contributed by atoms with E-state index in [0.717, 1.165) is 17.1 Å². The maximum Gasteiger partial charge on any atom is 0.252 e. The normalized spacial score (nSPS) is 12.9. The minimum absolute atomic E-state index is 0.0523. The summed E-state index contributed by atoms with van der Waals surface area (Å²) in [7, 11) is 0. The molecule has 2 aliphatic rings. The fraction of sp³-hybridized carbons (Fsp3) is 0. The Bertz CT molecular complexity index is 2790. The molecule has 11 rings (SSSR count). The van der Waals surface area contributed by atoms with Crippen molar-refractivity contribution in [3.8, 4) is 16.8 Å². The highest BCUT2D eigenvalue weighted by atomic mass is 15.2. The van der Waals surface area contributed by atoms with Gasteiger partial charge in [0.15, 0.2) is 0 Å². The number of hydrogen-bond donors (Lipinski definition) is 0. The third kappa shape index (κ3) is 4.15. The molecule has 0 fully saturated rings. The molecule has 9 aromatic rings. The molecule has 0 bridgehead atoms. The molecule has 0 unspecified atom stereocenters. The van der Waals surface area contributed by atoms with E-state index in [2.05, 4.69) is 208 Å². The van der Waals surface area contributed by atoms with Gasteiger partial charge in [0.05, 0.1) is 11.0 Å². The number of aromatic nitrogens is 1. The third-order valence-electron chi connectivity index (χ3n) is 10.9. The number of nitrogens with zero attached hydrogens (tertiary/aromatic N) is 3. The SMILES string of the molecule is c1ccc(N2c3ccccc3B3c4cc(-c5cccc6c7ccccc7n(-c7ccccc7)c56)ccc4N(c4ccccc4)c4cccc2c43)cc1. The highest BCUT2D eigenvalue weighted by molar-refractivity contribution is 7.00. The average molecular weight is 662 g/mol. The fourth-order valence-electron chi connectivity index (χ4n) is 8.86. The summed E-state index contributed by atoms with van der Waals surface area (Å²) in [5, 5.41) is 2.52. The van der Waals surface area contributed by atoms with Gasteiger partial charge in [0.2, 0.25) is 0 Å². The van der Waals surface area contributed by atoms with Crippen LogP contribution in [0.1, 0.15) is 0 Å². The molecule has 0 aliphatic carbocycles. The van der Waals surface area contributed by atoms with Gasteiger partial charge in [-0.15, -0.1) is 0 Å². The van der Waals surface area contributed by atoms with E-state index in [1.165, 1.54) is 72.1 Å². The van der Waals surface area contributed by atoms with Crippen molar-refractivity contribution in [2.24, 2.45) is 0 Å². The fourth-order valence-corrected chi connectivity index (χ4v) is 8.86. The minimum Gasteiger partial charge on any atom is -0.311 e. The van der Waals surface area contributed by atoms with Gasteiger partial charge in [-0.2, -0.15) is 0 Å². The molecular weight excluding hydrogens is 629 g/mol. The van der Waals surface area contributed by atoms with Crippen LogP contribution in [0.5, 0.6) is 0 Å². The zero-order chi connectivity index (χ0) is 34.2. The van der Waals surface area contributed by atoms with Crippen LogP contribution in [0.15, 0.2) is 194 Å². The molecule has 3 nitrogen and oxygen atoms in total. The second-order valence-electron chi connectivity index (χ2n) is 13.7. The Kier molecular flexibility index (Phi) is 6.35. The monoisotopic (exact) mass is 661 g/mol. The predicted molar refractivity (Wildman–Crippen MR) is 220 cm³/mol. The number of anilines is 6. The Morgan fingerprint density at radius 1 is 0.365 bits per heavy atom. The van der Waals surface area contributed by atoms with E-state index in [1.54, 1.807) is 0 Å². The molecular formula is C48H32BN3. The topological polar surface area (TPSA) is 11.4 Å². The van der Waals surface area contributed by atoms with Crippen molar-refractivity contribution in [2.75, 3.05) is 9.80 Å². The van der Waals surface area contributed by atoms with E-state index >= 15 is 0 Å². The van der Waals surface area contributed by atoms with Crippen LogP contribution in [0.4, 0.5) is 34.1 Å². The predicted octanol–water partition coefficient (Wildman–Crippen LogP) is 10.5. The number of hydrogen-bond acceptors (Lipinski definition) is 2. The van der Waals surface area contributed by atoms with Crippen molar-refractivity contribution in [1.82, 2.24) is 4.57 Å². The molecule has 0 N–H and O–H groups in total. The average Bonchev–Trinajstić information content (AvgIpc) is 3.56. The summed E-state index contributed by atoms with van der Waals surface area (Å²) in [6, 6.07) is 70.9. The number of fused-ring (bicyclic) bond motifs is 7. The molecule has 0 radical (unpaired) electrons. The Labute approximate surface area is 303 Å². The van der Waals surface area contributed by atoms with Crippen molar-refractivity contribution >= 4 is 79.0 Å². The Hall–Kier alpha value is -6.78. The van der Waals surface area contributed by atoms with Crippen LogP contribution < -0.4 is 26.2 Å². The van der Waals surface area contributed by atoms with Gasteiger partial charge in [-0.25, -0.2) is 0 Å². The van der Waals surface area contributed by atoms with Crippen molar-refractivity contribution in [3.63, 3.8) is 0 Å². The zero-order valence-corrected chi connectivity index (χ0v) is 28.4. The van der Waals surface area contributed by atoms with Crippen LogP contribution in [-0.2, 0) is 0 Å². The summed E-state index contributed by atoms with van der Waals surface area (Å²) in [4.78, 5) is 4.91. The molecule has 0 atom stereocenters. The van der Waals surface area contributed by atoms with Gasteiger partial charge in [-0.3, -0.25) is 0 Å². The number of benzene rings is 8. The first-order valence-corrected chi connectivity index (χ1v) is 18.0. The Morgan fingerprint density at radius 3 is 1.62 bits per heavy atom. The molecule has 0 saturated heterocycles. The van der Waals surface area contributed by atoms with E-state index in [-0.39, 0.29) is 6.71 Å². The quantitative estimate of drug-likeness (QED) is 0.174. The molecule has 242 valence electrons. The molecule has 1 aromatic heterocycles. The molecule has 4 heteroatoms. The lowest BCUT2D eigenvalue weighted by Gasteiger charge is -2.44. The van der Waals surface area contributed by atoms with Gasteiger partial charge >= 0.3 is 0 Å². The summed E-state index contributed by atoms with van der Waals surface area (Å²) in [6.07, 6.45) is 0. The summed E-state index contributed by atoms with van der Waals surface area (Å²) < 4.78 is 2.44. The van der Waals surface area contributed by atoms with Crippen LogP contribution in [0, 0.1) is 0 Å². The van der Waals surface area contributed by atoms with E-state index < -0.39 is 0 Å². The largest absolute Gasteiger partial charge is 0.311 e. The lowest BCUT2D eigenvalue weighted by Crippen LogP contribution is -2.61. The molecule has 8 aromatic carbocycles. The summed E-state index contributed by atoms with van der Waals surface area (Å²) in [5.41, 5.74) is 17.2. The molecule has 52 heavy (non-hydrogen) atoms. The van der Waals surface area contributed by atoms with Gasteiger partial charge in [0, 0.05) is 56.1 Å². The summed E-state index contributed by atoms with van der Waals surface area (Å²) in [5.74, 6) is 0. The molecule has 0 spiro atoms. The molecule has 3 heterocycles. The van der Waals surface area contributed by atoms with Crippen LogP contribution in [0.2, 0.25) is 0 Å². The van der Waals surface area contributed by atoms with Gasteiger partial charge in [-0.1, -0.05) is 127 Å². The molecule has 2 aliphatic heterocycles. The van der Waals surface area contributed by atoms with Crippen molar-refractivity contribution in [1.29, 1.82) is 0 Å². The maximum atomic E-state index is 2.48. The molecule has 0 saturated carbocycles. The summed E-state index contributed by atoms with van der Waals surface area (Å²) in [6.45, 7) is 0.0523. The van der Waals surface area contributed by atoms with E-state index in [1.807, 2.05) is 0 Å². The van der Waals surface area contributed by atoms with Crippen LogP contribution in [-0.4, -0.2) is 11.3 Å².